The number of benzene rings is 1. The quantitative estimate of drug-likeness (QED) is 0.837. The van der Waals surface area contributed by atoms with E-state index in [9.17, 15) is 0 Å². The van der Waals surface area contributed by atoms with E-state index in [4.69, 9.17) is 10.5 Å². The summed E-state index contributed by atoms with van der Waals surface area (Å²) >= 11 is 0. The molecule has 1 heterocycles. The summed E-state index contributed by atoms with van der Waals surface area (Å²) in [6.07, 6.45) is 0.194. The number of morpholine rings is 1. The van der Waals surface area contributed by atoms with Crippen LogP contribution in [0.25, 0.3) is 0 Å². The van der Waals surface area contributed by atoms with Crippen LogP contribution < -0.4 is 5.73 Å². The molecule has 1 aliphatic heterocycles. The third kappa shape index (κ3) is 2.61. The van der Waals surface area contributed by atoms with Gasteiger partial charge in [-0.3, -0.25) is 4.90 Å². The molecule has 16 heavy (non-hydrogen) atoms. The van der Waals surface area contributed by atoms with Gasteiger partial charge in [-0.1, -0.05) is 30.3 Å². The summed E-state index contributed by atoms with van der Waals surface area (Å²) in [5, 5.41) is 0. The van der Waals surface area contributed by atoms with Crippen molar-refractivity contribution >= 4 is 0 Å². The molecular formula is C13H20N2O. The zero-order chi connectivity index (χ0) is 11.4. The lowest BCUT2D eigenvalue weighted by molar-refractivity contribution is -0.0364. The van der Waals surface area contributed by atoms with Gasteiger partial charge in [-0.25, -0.2) is 0 Å². The molecule has 0 aliphatic carbocycles. The number of nitrogens with two attached hydrogens (primary N) is 1. The second-order valence-electron chi connectivity index (χ2n) is 4.31. The van der Waals surface area contributed by atoms with E-state index in [2.05, 4.69) is 42.2 Å². The van der Waals surface area contributed by atoms with Crippen LogP contribution >= 0.6 is 0 Å². The van der Waals surface area contributed by atoms with Crippen molar-refractivity contribution in [2.45, 2.75) is 19.1 Å². The van der Waals surface area contributed by atoms with Gasteiger partial charge in [0.2, 0.25) is 0 Å². The molecule has 1 saturated heterocycles. The summed E-state index contributed by atoms with van der Waals surface area (Å²) < 4.78 is 5.58. The highest BCUT2D eigenvalue weighted by molar-refractivity contribution is 5.18. The van der Waals surface area contributed by atoms with Gasteiger partial charge in [-0.2, -0.15) is 0 Å². The fourth-order valence-corrected chi connectivity index (χ4v) is 2.18. The lowest BCUT2D eigenvalue weighted by Gasteiger charge is -2.36. The van der Waals surface area contributed by atoms with Gasteiger partial charge in [0.1, 0.15) is 0 Å². The minimum absolute atomic E-state index is 0.194. The van der Waals surface area contributed by atoms with E-state index in [1.165, 1.54) is 5.56 Å². The van der Waals surface area contributed by atoms with Gasteiger partial charge >= 0.3 is 0 Å². The van der Waals surface area contributed by atoms with Crippen LogP contribution in [0.1, 0.15) is 18.5 Å². The van der Waals surface area contributed by atoms with E-state index >= 15 is 0 Å². The Morgan fingerprint density at radius 3 is 2.88 bits per heavy atom. The van der Waals surface area contributed by atoms with Crippen LogP contribution in [0.3, 0.4) is 0 Å². The first kappa shape index (κ1) is 11.6. The number of ether oxygens (including phenoxy) is 1. The lowest BCUT2D eigenvalue weighted by atomic mass is 10.1. The van der Waals surface area contributed by atoms with Crippen LogP contribution in [0.5, 0.6) is 0 Å². The molecule has 3 nitrogen and oxygen atoms in total. The fraction of sp³-hybridized carbons (Fsp3) is 0.538. The molecule has 2 rings (SSSR count). The molecule has 3 heteroatoms. The minimum Gasteiger partial charge on any atom is -0.374 e. The zero-order valence-electron chi connectivity index (χ0n) is 9.80. The summed E-state index contributed by atoms with van der Waals surface area (Å²) in [4.78, 5) is 2.44. The summed E-state index contributed by atoms with van der Waals surface area (Å²) in [7, 11) is 0. The Morgan fingerprint density at radius 1 is 1.44 bits per heavy atom. The van der Waals surface area contributed by atoms with Gasteiger partial charge in [0.05, 0.1) is 12.7 Å². The van der Waals surface area contributed by atoms with Crippen LogP contribution in [0.15, 0.2) is 30.3 Å². The van der Waals surface area contributed by atoms with E-state index in [0.717, 1.165) is 19.7 Å². The Kier molecular flexibility index (Phi) is 3.93. The third-order valence-electron chi connectivity index (χ3n) is 3.26. The van der Waals surface area contributed by atoms with Gasteiger partial charge in [0, 0.05) is 25.7 Å². The van der Waals surface area contributed by atoms with Crippen LogP contribution in [0.4, 0.5) is 0 Å². The molecule has 2 atom stereocenters. The van der Waals surface area contributed by atoms with Crippen molar-refractivity contribution in [2.75, 3.05) is 26.2 Å². The summed E-state index contributed by atoms with van der Waals surface area (Å²) in [5.74, 6) is 0. The van der Waals surface area contributed by atoms with Gasteiger partial charge in [0.25, 0.3) is 0 Å². The van der Waals surface area contributed by atoms with Crippen LogP contribution in [-0.4, -0.2) is 37.2 Å². The summed E-state index contributed by atoms with van der Waals surface area (Å²) in [6.45, 7) is 5.57. The number of rotatable bonds is 3. The predicted molar refractivity (Wildman–Crippen MR) is 65.2 cm³/mol. The standard InChI is InChI=1S/C13H20N2O/c1-11(12-5-3-2-4-6-12)15-7-8-16-13(9-14)10-15/h2-6,11,13H,7-10,14H2,1H3/t11-,13+/m0/s1. The molecule has 1 aliphatic rings. The first-order valence-electron chi connectivity index (χ1n) is 5.92. The maximum absolute atomic E-state index is 5.65. The Bertz CT molecular complexity index is 315. The number of hydrogen-bond donors (Lipinski definition) is 1. The summed E-state index contributed by atoms with van der Waals surface area (Å²) in [5.41, 5.74) is 7.01. The normalized spacial score (nSPS) is 24.2. The van der Waals surface area contributed by atoms with Gasteiger partial charge in [-0.15, -0.1) is 0 Å². The van der Waals surface area contributed by atoms with Crippen molar-refractivity contribution < 1.29 is 4.74 Å². The molecule has 0 spiro atoms. The summed E-state index contributed by atoms with van der Waals surface area (Å²) in [6, 6.07) is 11.0. The minimum atomic E-state index is 0.194. The Balaban J connectivity index is 2.01. The first-order chi connectivity index (χ1) is 7.81. The van der Waals surface area contributed by atoms with Crippen molar-refractivity contribution in [1.82, 2.24) is 4.90 Å². The predicted octanol–water partition coefficient (Wildman–Crippen LogP) is 1.41. The van der Waals surface area contributed by atoms with E-state index in [1.54, 1.807) is 0 Å². The highest BCUT2D eigenvalue weighted by Gasteiger charge is 2.23. The largest absolute Gasteiger partial charge is 0.374 e. The third-order valence-corrected chi connectivity index (χ3v) is 3.26. The average Bonchev–Trinajstić information content (AvgIpc) is 2.39. The van der Waals surface area contributed by atoms with Gasteiger partial charge < -0.3 is 10.5 Å². The van der Waals surface area contributed by atoms with Gasteiger partial charge in [-0.05, 0) is 12.5 Å². The molecule has 1 aromatic rings. The van der Waals surface area contributed by atoms with E-state index in [-0.39, 0.29) is 6.10 Å². The molecule has 2 N–H and O–H groups in total. The monoisotopic (exact) mass is 220 g/mol. The SMILES string of the molecule is C[C@@H](c1ccccc1)N1CCO[C@H](CN)C1. The van der Waals surface area contributed by atoms with Crippen molar-refractivity contribution in [3.63, 3.8) is 0 Å². The smallest absolute Gasteiger partial charge is 0.0824 e. The molecule has 0 amide bonds. The molecule has 1 aromatic carbocycles. The lowest BCUT2D eigenvalue weighted by Crippen LogP contribution is -2.46. The maximum atomic E-state index is 5.65. The topological polar surface area (TPSA) is 38.5 Å². The van der Waals surface area contributed by atoms with E-state index in [0.29, 0.717) is 12.6 Å². The molecule has 88 valence electrons. The average molecular weight is 220 g/mol. The number of nitrogens with zero attached hydrogens (tertiary/aromatic N) is 1. The Hall–Kier alpha value is -0.900. The molecule has 1 fully saturated rings. The van der Waals surface area contributed by atoms with Crippen molar-refractivity contribution in [3.8, 4) is 0 Å². The molecule has 0 saturated carbocycles. The molecule has 0 unspecified atom stereocenters. The maximum Gasteiger partial charge on any atom is 0.0824 e. The molecular weight excluding hydrogens is 200 g/mol. The Labute approximate surface area is 97.2 Å². The van der Waals surface area contributed by atoms with Gasteiger partial charge in [0.15, 0.2) is 0 Å². The Morgan fingerprint density at radius 2 is 2.19 bits per heavy atom. The first-order valence-corrected chi connectivity index (χ1v) is 5.92. The van der Waals surface area contributed by atoms with Crippen molar-refractivity contribution in [2.24, 2.45) is 5.73 Å². The number of hydrogen-bond acceptors (Lipinski definition) is 3. The second-order valence-corrected chi connectivity index (χ2v) is 4.31. The van der Waals surface area contributed by atoms with Crippen molar-refractivity contribution in [1.29, 1.82) is 0 Å². The van der Waals surface area contributed by atoms with Crippen LogP contribution in [0, 0.1) is 0 Å². The van der Waals surface area contributed by atoms with Crippen LogP contribution in [0.2, 0.25) is 0 Å². The molecule has 0 bridgehead atoms. The second kappa shape index (κ2) is 5.43. The molecule has 0 aromatic heterocycles. The van der Waals surface area contributed by atoms with E-state index < -0.39 is 0 Å². The molecule has 0 radical (unpaired) electrons. The zero-order valence-corrected chi connectivity index (χ0v) is 9.80. The van der Waals surface area contributed by atoms with E-state index in [1.807, 2.05) is 0 Å². The highest BCUT2D eigenvalue weighted by atomic mass is 16.5. The van der Waals surface area contributed by atoms with Crippen molar-refractivity contribution in [3.05, 3.63) is 35.9 Å². The fourth-order valence-electron chi connectivity index (χ4n) is 2.18. The highest BCUT2D eigenvalue weighted by Crippen LogP contribution is 2.21. The van der Waals surface area contributed by atoms with Crippen LogP contribution in [-0.2, 0) is 4.74 Å².